The lowest BCUT2D eigenvalue weighted by molar-refractivity contribution is 0.0982. The SMILES string of the molecule is CCCCCc1ccc2c(c1)C(=O)C=C(CC)C2=O. The van der Waals surface area contributed by atoms with Crippen LogP contribution in [0.5, 0.6) is 0 Å². The molecule has 0 spiro atoms. The maximum absolute atomic E-state index is 12.1. The number of hydrogen-bond donors (Lipinski definition) is 0. The van der Waals surface area contributed by atoms with Crippen LogP contribution in [-0.4, -0.2) is 11.6 Å². The number of rotatable bonds is 5. The Morgan fingerprint density at radius 2 is 1.79 bits per heavy atom. The Morgan fingerprint density at radius 3 is 2.47 bits per heavy atom. The number of Topliss-reactive ketones (excluding diaryl/α,β-unsaturated/α-hetero) is 1. The number of carbonyl (C=O) groups excluding carboxylic acids is 2. The van der Waals surface area contributed by atoms with Crippen molar-refractivity contribution in [2.45, 2.75) is 46.0 Å². The van der Waals surface area contributed by atoms with E-state index >= 15 is 0 Å². The van der Waals surface area contributed by atoms with Gasteiger partial charge in [0.2, 0.25) is 0 Å². The first-order valence-electron chi connectivity index (χ1n) is 7.09. The van der Waals surface area contributed by atoms with Gasteiger partial charge in [0.25, 0.3) is 0 Å². The fourth-order valence-electron chi connectivity index (χ4n) is 2.47. The summed E-state index contributed by atoms with van der Waals surface area (Å²) < 4.78 is 0. The van der Waals surface area contributed by atoms with Crippen molar-refractivity contribution in [3.8, 4) is 0 Å². The van der Waals surface area contributed by atoms with Crippen LogP contribution in [0, 0.1) is 0 Å². The minimum absolute atomic E-state index is 0.0113. The molecule has 2 rings (SSSR count). The molecule has 0 saturated carbocycles. The summed E-state index contributed by atoms with van der Waals surface area (Å²) in [5.74, 6) is -0.0130. The highest BCUT2D eigenvalue weighted by atomic mass is 16.1. The number of aryl methyl sites for hydroxylation is 1. The molecular formula is C17H20O2. The Morgan fingerprint density at radius 1 is 1.00 bits per heavy atom. The summed E-state index contributed by atoms with van der Waals surface area (Å²) in [4.78, 5) is 24.2. The van der Waals surface area contributed by atoms with Crippen molar-refractivity contribution < 1.29 is 9.59 Å². The summed E-state index contributed by atoms with van der Waals surface area (Å²) in [5.41, 5.74) is 2.93. The van der Waals surface area contributed by atoms with E-state index in [0.717, 1.165) is 18.4 Å². The lowest BCUT2D eigenvalue weighted by Crippen LogP contribution is -2.17. The molecule has 0 fully saturated rings. The molecule has 1 aliphatic carbocycles. The van der Waals surface area contributed by atoms with Crippen molar-refractivity contribution >= 4 is 11.6 Å². The van der Waals surface area contributed by atoms with Crippen LogP contribution in [0.3, 0.4) is 0 Å². The van der Waals surface area contributed by atoms with Crippen LogP contribution in [0.2, 0.25) is 0 Å². The van der Waals surface area contributed by atoms with Gasteiger partial charge in [0.1, 0.15) is 0 Å². The van der Waals surface area contributed by atoms with Gasteiger partial charge in [0.15, 0.2) is 11.6 Å². The summed E-state index contributed by atoms with van der Waals surface area (Å²) >= 11 is 0. The molecule has 1 aromatic rings. The molecule has 19 heavy (non-hydrogen) atoms. The average Bonchev–Trinajstić information content (AvgIpc) is 2.43. The van der Waals surface area contributed by atoms with Crippen LogP contribution in [-0.2, 0) is 6.42 Å². The molecule has 0 unspecified atom stereocenters. The molecule has 0 radical (unpaired) electrons. The molecule has 0 atom stereocenters. The first kappa shape index (κ1) is 13.7. The van der Waals surface area contributed by atoms with Crippen LogP contribution in [0.15, 0.2) is 29.8 Å². The van der Waals surface area contributed by atoms with Crippen molar-refractivity contribution in [2.75, 3.05) is 0 Å². The zero-order chi connectivity index (χ0) is 13.8. The third kappa shape index (κ3) is 2.83. The number of unbranched alkanes of at least 4 members (excludes halogenated alkanes) is 2. The van der Waals surface area contributed by atoms with Gasteiger partial charge in [0.05, 0.1) is 0 Å². The summed E-state index contributed by atoms with van der Waals surface area (Å²) in [6.45, 7) is 4.08. The molecular weight excluding hydrogens is 236 g/mol. The van der Waals surface area contributed by atoms with Crippen LogP contribution < -0.4 is 0 Å². The van der Waals surface area contributed by atoms with Gasteiger partial charge in [-0.1, -0.05) is 38.8 Å². The molecule has 0 amide bonds. The van der Waals surface area contributed by atoms with Crippen molar-refractivity contribution in [3.05, 3.63) is 46.5 Å². The first-order valence-corrected chi connectivity index (χ1v) is 7.09. The van der Waals surface area contributed by atoms with Gasteiger partial charge < -0.3 is 0 Å². The highest BCUT2D eigenvalue weighted by molar-refractivity contribution is 6.24. The zero-order valence-electron chi connectivity index (χ0n) is 11.7. The second-order valence-electron chi connectivity index (χ2n) is 5.05. The molecule has 100 valence electrons. The number of ketones is 2. The average molecular weight is 256 g/mol. The molecule has 2 heteroatoms. The molecule has 0 N–H and O–H groups in total. The van der Waals surface area contributed by atoms with Gasteiger partial charge in [-0.25, -0.2) is 0 Å². The lowest BCUT2D eigenvalue weighted by atomic mass is 9.87. The van der Waals surface area contributed by atoms with Crippen molar-refractivity contribution in [3.63, 3.8) is 0 Å². The molecule has 0 bridgehead atoms. The summed E-state index contributed by atoms with van der Waals surface area (Å²) in [7, 11) is 0. The minimum atomic E-state index is -0.0243. The van der Waals surface area contributed by atoms with Gasteiger partial charge >= 0.3 is 0 Å². The zero-order valence-corrected chi connectivity index (χ0v) is 11.7. The van der Waals surface area contributed by atoms with E-state index < -0.39 is 0 Å². The van der Waals surface area contributed by atoms with Crippen LogP contribution in [0.1, 0.15) is 65.8 Å². The maximum Gasteiger partial charge on any atom is 0.189 e. The quantitative estimate of drug-likeness (QED) is 0.742. The van der Waals surface area contributed by atoms with Gasteiger partial charge in [-0.3, -0.25) is 9.59 Å². The van der Waals surface area contributed by atoms with Crippen LogP contribution in [0.4, 0.5) is 0 Å². The van der Waals surface area contributed by atoms with Crippen molar-refractivity contribution in [1.29, 1.82) is 0 Å². The number of benzene rings is 1. The Kier molecular flexibility index (Phi) is 4.31. The number of fused-ring (bicyclic) bond motifs is 1. The van der Waals surface area contributed by atoms with E-state index in [-0.39, 0.29) is 11.6 Å². The number of hydrogen-bond acceptors (Lipinski definition) is 2. The smallest absolute Gasteiger partial charge is 0.189 e. The normalized spacial score (nSPS) is 14.3. The summed E-state index contributed by atoms with van der Waals surface area (Å²) in [6.07, 6.45) is 6.61. The summed E-state index contributed by atoms with van der Waals surface area (Å²) in [6, 6.07) is 5.70. The minimum Gasteiger partial charge on any atom is -0.289 e. The Balaban J connectivity index is 2.26. The van der Waals surface area contributed by atoms with E-state index in [0.29, 0.717) is 23.1 Å². The fraction of sp³-hybridized carbons (Fsp3) is 0.412. The number of allylic oxidation sites excluding steroid dienone is 2. The molecule has 1 aliphatic rings. The van der Waals surface area contributed by atoms with E-state index in [2.05, 4.69) is 6.92 Å². The number of carbonyl (C=O) groups is 2. The maximum atomic E-state index is 12.1. The molecule has 2 nitrogen and oxygen atoms in total. The van der Waals surface area contributed by atoms with E-state index in [1.807, 2.05) is 25.1 Å². The third-order valence-corrected chi connectivity index (χ3v) is 3.64. The van der Waals surface area contributed by atoms with E-state index in [1.54, 1.807) is 0 Å². The van der Waals surface area contributed by atoms with E-state index in [9.17, 15) is 9.59 Å². The lowest BCUT2D eigenvalue weighted by Gasteiger charge is -2.15. The van der Waals surface area contributed by atoms with Gasteiger partial charge in [0, 0.05) is 16.7 Å². The van der Waals surface area contributed by atoms with Gasteiger partial charge in [-0.2, -0.15) is 0 Å². The van der Waals surface area contributed by atoms with Crippen molar-refractivity contribution in [2.24, 2.45) is 0 Å². The monoisotopic (exact) mass is 256 g/mol. The Labute approximate surface area is 114 Å². The predicted octanol–water partition coefficient (Wildman–Crippen LogP) is 4.13. The standard InChI is InChI=1S/C17H20O2/c1-3-5-6-7-12-8-9-14-15(10-12)16(18)11-13(4-2)17(14)19/h8-11H,3-7H2,1-2H3. The largest absolute Gasteiger partial charge is 0.289 e. The van der Waals surface area contributed by atoms with Gasteiger partial charge in [-0.15, -0.1) is 0 Å². The summed E-state index contributed by atoms with van der Waals surface area (Å²) in [5, 5.41) is 0. The molecule has 1 aromatic carbocycles. The molecule has 0 aromatic heterocycles. The van der Waals surface area contributed by atoms with Crippen molar-refractivity contribution in [1.82, 2.24) is 0 Å². The Hall–Kier alpha value is -1.70. The highest BCUT2D eigenvalue weighted by Crippen LogP contribution is 2.24. The molecule has 0 aliphatic heterocycles. The van der Waals surface area contributed by atoms with E-state index in [1.165, 1.54) is 18.9 Å². The topological polar surface area (TPSA) is 34.1 Å². The van der Waals surface area contributed by atoms with E-state index in [4.69, 9.17) is 0 Å². The van der Waals surface area contributed by atoms with Crippen LogP contribution in [0.25, 0.3) is 0 Å². The predicted molar refractivity (Wildman–Crippen MR) is 76.7 cm³/mol. The Bertz CT molecular complexity index is 538. The van der Waals surface area contributed by atoms with Gasteiger partial charge in [-0.05, 0) is 37.0 Å². The second kappa shape index (κ2) is 5.96. The fourth-order valence-corrected chi connectivity index (χ4v) is 2.47. The third-order valence-electron chi connectivity index (χ3n) is 3.64. The second-order valence-corrected chi connectivity index (χ2v) is 5.05. The molecule has 0 heterocycles. The first-order chi connectivity index (χ1) is 9.17. The highest BCUT2D eigenvalue weighted by Gasteiger charge is 2.24. The van der Waals surface area contributed by atoms with Crippen LogP contribution >= 0.6 is 0 Å². The molecule has 0 saturated heterocycles.